The quantitative estimate of drug-likeness (QED) is 0.760. The van der Waals surface area contributed by atoms with E-state index in [-0.39, 0.29) is 5.91 Å². The van der Waals surface area contributed by atoms with Gasteiger partial charge in [0.25, 0.3) is 5.91 Å². The van der Waals surface area contributed by atoms with E-state index in [2.05, 4.69) is 29.2 Å². The van der Waals surface area contributed by atoms with Crippen LogP contribution in [0.1, 0.15) is 36.3 Å². The fourth-order valence-corrected chi connectivity index (χ4v) is 2.37. The number of carbonyl (C=O) groups is 1. The summed E-state index contributed by atoms with van der Waals surface area (Å²) in [7, 11) is 0. The number of hydrogen-bond acceptors (Lipinski definition) is 4. The molecule has 0 saturated carbocycles. The summed E-state index contributed by atoms with van der Waals surface area (Å²) in [5.41, 5.74) is 2.42. The van der Waals surface area contributed by atoms with E-state index in [1.807, 2.05) is 31.2 Å². The Kier molecular flexibility index (Phi) is 6.35. The van der Waals surface area contributed by atoms with Crippen molar-refractivity contribution in [1.29, 1.82) is 0 Å². The molecule has 2 aromatic rings. The number of nitrogens with zero attached hydrogens (tertiary/aromatic N) is 2. The van der Waals surface area contributed by atoms with Gasteiger partial charge in [0.2, 0.25) is 0 Å². The van der Waals surface area contributed by atoms with Crippen LogP contribution in [0.4, 0.5) is 0 Å². The highest BCUT2D eigenvalue weighted by Crippen LogP contribution is 2.20. The van der Waals surface area contributed by atoms with Crippen molar-refractivity contribution >= 4 is 5.91 Å². The SMILES string of the molecule is CCN(CC)CCCNC(=O)c1cc(-c2ccc(C)cc2)on1. The molecule has 124 valence electrons. The minimum atomic E-state index is -0.188. The van der Waals surface area contributed by atoms with Gasteiger partial charge in [-0.05, 0) is 33.0 Å². The fourth-order valence-electron chi connectivity index (χ4n) is 2.37. The van der Waals surface area contributed by atoms with E-state index in [9.17, 15) is 4.79 Å². The molecule has 5 heteroatoms. The molecule has 2 rings (SSSR count). The van der Waals surface area contributed by atoms with Gasteiger partial charge >= 0.3 is 0 Å². The summed E-state index contributed by atoms with van der Waals surface area (Å²) < 4.78 is 5.27. The number of aromatic nitrogens is 1. The molecule has 0 fully saturated rings. The van der Waals surface area contributed by atoms with E-state index in [1.54, 1.807) is 6.07 Å². The molecule has 0 atom stereocenters. The molecule has 0 saturated heterocycles. The van der Waals surface area contributed by atoms with Gasteiger partial charge in [0.05, 0.1) is 0 Å². The van der Waals surface area contributed by atoms with Gasteiger partial charge in [0.1, 0.15) is 0 Å². The summed E-state index contributed by atoms with van der Waals surface area (Å²) in [4.78, 5) is 14.4. The first-order valence-corrected chi connectivity index (χ1v) is 8.18. The third-order valence-electron chi connectivity index (χ3n) is 3.91. The van der Waals surface area contributed by atoms with Crippen molar-refractivity contribution in [3.05, 3.63) is 41.6 Å². The zero-order valence-corrected chi connectivity index (χ0v) is 14.1. The van der Waals surface area contributed by atoms with Crippen LogP contribution in [0.15, 0.2) is 34.9 Å². The monoisotopic (exact) mass is 315 g/mol. The lowest BCUT2D eigenvalue weighted by Gasteiger charge is -2.17. The molecule has 0 bridgehead atoms. The second-order valence-corrected chi connectivity index (χ2v) is 5.58. The van der Waals surface area contributed by atoms with Gasteiger partial charge in [0.15, 0.2) is 11.5 Å². The van der Waals surface area contributed by atoms with Crippen LogP contribution in [0.25, 0.3) is 11.3 Å². The molecule has 1 aromatic heterocycles. The Balaban J connectivity index is 1.85. The molecule has 0 radical (unpaired) electrons. The summed E-state index contributed by atoms with van der Waals surface area (Å²) in [6.45, 7) is 10.0. The van der Waals surface area contributed by atoms with Crippen LogP contribution >= 0.6 is 0 Å². The Morgan fingerprint density at radius 2 is 1.91 bits per heavy atom. The van der Waals surface area contributed by atoms with Gasteiger partial charge in [-0.25, -0.2) is 0 Å². The molecular weight excluding hydrogens is 290 g/mol. The number of benzene rings is 1. The zero-order valence-electron chi connectivity index (χ0n) is 14.1. The standard InChI is InChI=1S/C18H25N3O2/c1-4-21(5-2)12-6-11-19-18(22)16-13-17(23-20-16)15-9-7-14(3)8-10-15/h7-10,13H,4-6,11-12H2,1-3H3,(H,19,22). The van der Waals surface area contributed by atoms with E-state index in [0.717, 1.165) is 31.6 Å². The predicted octanol–water partition coefficient (Wildman–Crippen LogP) is 3.11. The minimum absolute atomic E-state index is 0.188. The van der Waals surface area contributed by atoms with Crippen molar-refractivity contribution < 1.29 is 9.32 Å². The first-order chi connectivity index (χ1) is 11.1. The fraction of sp³-hybridized carbons (Fsp3) is 0.444. The van der Waals surface area contributed by atoms with Gasteiger partial charge in [-0.2, -0.15) is 0 Å². The summed E-state index contributed by atoms with van der Waals surface area (Å²) in [6.07, 6.45) is 0.927. The molecule has 0 aliphatic rings. The first kappa shape index (κ1) is 17.2. The molecule has 0 aliphatic carbocycles. The van der Waals surface area contributed by atoms with Gasteiger partial charge in [-0.3, -0.25) is 4.79 Å². The molecule has 0 aliphatic heterocycles. The third-order valence-corrected chi connectivity index (χ3v) is 3.91. The Morgan fingerprint density at radius 1 is 1.22 bits per heavy atom. The third kappa shape index (κ3) is 4.93. The van der Waals surface area contributed by atoms with Crippen molar-refractivity contribution in [1.82, 2.24) is 15.4 Å². The van der Waals surface area contributed by atoms with Crippen LogP contribution in [0.5, 0.6) is 0 Å². The maximum absolute atomic E-state index is 12.1. The van der Waals surface area contributed by atoms with Crippen LogP contribution < -0.4 is 5.32 Å². The maximum atomic E-state index is 12.1. The van der Waals surface area contributed by atoms with E-state index in [1.165, 1.54) is 5.56 Å². The van der Waals surface area contributed by atoms with Gasteiger partial charge in [0, 0.05) is 18.2 Å². The molecule has 23 heavy (non-hydrogen) atoms. The van der Waals surface area contributed by atoms with Crippen LogP contribution in [0, 0.1) is 6.92 Å². The Hall–Kier alpha value is -2.14. The molecule has 1 N–H and O–H groups in total. The summed E-state index contributed by atoms with van der Waals surface area (Å²) in [5, 5.41) is 6.75. The molecule has 1 aromatic carbocycles. The van der Waals surface area contributed by atoms with Gasteiger partial charge in [-0.15, -0.1) is 0 Å². The lowest BCUT2D eigenvalue weighted by atomic mass is 10.1. The normalized spacial score (nSPS) is 11.0. The Bertz CT molecular complexity index is 615. The van der Waals surface area contributed by atoms with E-state index < -0.39 is 0 Å². The van der Waals surface area contributed by atoms with Crippen molar-refractivity contribution in [3.8, 4) is 11.3 Å². The Labute approximate surface area is 137 Å². The van der Waals surface area contributed by atoms with Crippen molar-refractivity contribution in [3.63, 3.8) is 0 Å². The zero-order chi connectivity index (χ0) is 16.7. The summed E-state index contributed by atoms with van der Waals surface area (Å²) in [6, 6.07) is 9.61. The van der Waals surface area contributed by atoms with Crippen LogP contribution in [-0.4, -0.2) is 42.1 Å². The van der Waals surface area contributed by atoms with Crippen molar-refractivity contribution in [2.24, 2.45) is 0 Å². The lowest BCUT2D eigenvalue weighted by Crippen LogP contribution is -2.30. The number of rotatable bonds is 8. The van der Waals surface area contributed by atoms with Crippen molar-refractivity contribution in [2.45, 2.75) is 27.2 Å². The summed E-state index contributed by atoms with van der Waals surface area (Å²) >= 11 is 0. The average Bonchev–Trinajstić information content (AvgIpc) is 3.05. The highest BCUT2D eigenvalue weighted by atomic mass is 16.5. The number of carbonyl (C=O) groups excluding carboxylic acids is 1. The molecule has 1 heterocycles. The second kappa shape index (κ2) is 8.48. The largest absolute Gasteiger partial charge is 0.355 e. The van der Waals surface area contributed by atoms with E-state index >= 15 is 0 Å². The van der Waals surface area contributed by atoms with Crippen LogP contribution in [-0.2, 0) is 0 Å². The number of aryl methyl sites for hydroxylation is 1. The molecule has 0 unspecified atom stereocenters. The van der Waals surface area contributed by atoms with Crippen LogP contribution in [0.2, 0.25) is 0 Å². The minimum Gasteiger partial charge on any atom is -0.355 e. The maximum Gasteiger partial charge on any atom is 0.273 e. The molecule has 0 spiro atoms. The highest BCUT2D eigenvalue weighted by molar-refractivity contribution is 5.93. The van der Waals surface area contributed by atoms with Gasteiger partial charge in [-0.1, -0.05) is 48.8 Å². The van der Waals surface area contributed by atoms with E-state index in [0.29, 0.717) is 18.0 Å². The topological polar surface area (TPSA) is 58.4 Å². The highest BCUT2D eigenvalue weighted by Gasteiger charge is 2.13. The number of hydrogen-bond donors (Lipinski definition) is 1. The smallest absolute Gasteiger partial charge is 0.273 e. The number of nitrogens with one attached hydrogen (secondary N) is 1. The second-order valence-electron chi connectivity index (χ2n) is 5.58. The summed E-state index contributed by atoms with van der Waals surface area (Å²) in [5.74, 6) is 0.421. The van der Waals surface area contributed by atoms with Gasteiger partial charge < -0.3 is 14.7 Å². The molecular formula is C18H25N3O2. The number of amides is 1. The van der Waals surface area contributed by atoms with Crippen molar-refractivity contribution in [2.75, 3.05) is 26.2 Å². The predicted molar refractivity (Wildman–Crippen MR) is 91.4 cm³/mol. The molecule has 5 nitrogen and oxygen atoms in total. The van der Waals surface area contributed by atoms with E-state index in [4.69, 9.17) is 4.52 Å². The Morgan fingerprint density at radius 3 is 2.57 bits per heavy atom. The molecule has 1 amide bonds. The first-order valence-electron chi connectivity index (χ1n) is 8.18. The lowest BCUT2D eigenvalue weighted by molar-refractivity contribution is 0.0943. The van der Waals surface area contributed by atoms with Crippen LogP contribution in [0.3, 0.4) is 0 Å². The average molecular weight is 315 g/mol.